The van der Waals surface area contributed by atoms with Crippen LogP contribution in [-0.2, 0) is 11.2 Å². The Morgan fingerprint density at radius 3 is 2.39 bits per heavy atom. The van der Waals surface area contributed by atoms with Crippen molar-refractivity contribution in [2.24, 2.45) is 0 Å². The first kappa shape index (κ1) is 24.1. The molecule has 2 aliphatic rings. The van der Waals surface area contributed by atoms with E-state index in [-0.39, 0.29) is 12.2 Å². The van der Waals surface area contributed by atoms with Crippen molar-refractivity contribution in [1.82, 2.24) is 0 Å². The smallest absolute Gasteiger partial charge is 0.119 e. The number of ether oxygens (including phenoxy) is 2. The monoisotopic (exact) mass is 458 g/mol. The van der Waals surface area contributed by atoms with Crippen LogP contribution in [0.3, 0.4) is 0 Å². The molecule has 33 heavy (non-hydrogen) atoms. The molecule has 4 rings (SSSR count). The van der Waals surface area contributed by atoms with Gasteiger partial charge >= 0.3 is 0 Å². The molecule has 180 valence electrons. The van der Waals surface area contributed by atoms with E-state index in [0.29, 0.717) is 18.4 Å². The highest BCUT2D eigenvalue weighted by Gasteiger charge is 2.44. The Labute approximate surface area is 194 Å². The normalized spacial score (nSPS) is 32.5. The van der Waals surface area contributed by atoms with Gasteiger partial charge in [0, 0.05) is 6.42 Å². The minimum atomic E-state index is -1.40. The average molecular weight is 459 g/mol. The number of rotatable bonds is 6. The topological polar surface area (TPSA) is 120 Å². The lowest BCUT2D eigenvalue weighted by Crippen LogP contribution is -2.55. The Hall–Kier alpha value is -2.00. The standard InChI is InChI=1S/C26H34O7/c1-15-5-8-17(26-25(31)24(30)23(29)22(14-27)33-26)12-18(15)11-16-6-9-20(10-7-16)32-21-4-2-3-19(28)13-21/h5-10,12,19,21-31H,2-4,11,13-14H2,1H3/t19?,21?,22-,23-,24+,25-,26+/m1/s1. The fourth-order valence-corrected chi connectivity index (χ4v) is 4.76. The molecule has 7 heteroatoms. The van der Waals surface area contributed by atoms with E-state index < -0.39 is 37.1 Å². The predicted molar refractivity (Wildman–Crippen MR) is 122 cm³/mol. The first-order valence-electron chi connectivity index (χ1n) is 11.7. The third-order valence-electron chi connectivity index (χ3n) is 6.81. The van der Waals surface area contributed by atoms with Crippen molar-refractivity contribution in [3.63, 3.8) is 0 Å². The number of hydrogen-bond acceptors (Lipinski definition) is 7. The molecule has 0 spiro atoms. The molecular weight excluding hydrogens is 424 g/mol. The van der Waals surface area contributed by atoms with Gasteiger partial charge in [0.05, 0.1) is 12.7 Å². The zero-order valence-electron chi connectivity index (χ0n) is 18.9. The summed E-state index contributed by atoms with van der Waals surface area (Å²) < 4.78 is 11.7. The summed E-state index contributed by atoms with van der Waals surface area (Å²) in [4.78, 5) is 0. The Morgan fingerprint density at radius 1 is 0.939 bits per heavy atom. The Balaban J connectivity index is 1.46. The lowest BCUT2D eigenvalue weighted by Gasteiger charge is -2.40. The maximum atomic E-state index is 10.5. The number of benzene rings is 2. The largest absolute Gasteiger partial charge is 0.490 e. The molecule has 5 N–H and O–H groups in total. The molecule has 2 aromatic rings. The van der Waals surface area contributed by atoms with Crippen molar-refractivity contribution in [3.05, 3.63) is 64.7 Å². The second-order valence-electron chi connectivity index (χ2n) is 9.32. The minimum Gasteiger partial charge on any atom is -0.490 e. The first-order valence-corrected chi connectivity index (χ1v) is 11.7. The maximum absolute atomic E-state index is 10.5. The van der Waals surface area contributed by atoms with Crippen molar-refractivity contribution in [2.75, 3.05) is 6.61 Å². The van der Waals surface area contributed by atoms with Gasteiger partial charge in [0.15, 0.2) is 0 Å². The highest BCUT2D eigenvalue weighted by molar-refractivity contribution is 5.38. The summed E-state index contributed by atoms with van der Waals surface area (Å²) >= 11 is 0. The van der Waals surface area contributed by atoms with E-state index in [9.17, 15) is 25.5 Å². The molecule has 0 amide bonds. The molecule has 1 saturated heterocycles. The fourth-order valence-electron chi connectivity index (χ4n) is 4.76. The van der Waals surface area contributed by atoms with Gasteiger partial charge in [0.25, 0.3) is 0 Å². The summed E-state index contributed by atoms with van der Waals surface area (Å²) in [6, 6.07) is 13.7. The van der Waals surface area contributed by atoms with Crippen molar-refractivity contribution in [2.45, 2.75) is 81.8 Å². The summed E-state index contributed by atoms with van der Waals surface area (Å²) in [7, 11) is 0. The molecule has 1 aliphatic heterocycles. The van der Waals surface area contributed by atoms with Crippen LogP contribution in [0.25, 0.3) is 0 Å². The van der Waals surface area contributed by atoms with Crippen LogP contribution < -0.4 is 4.74 Å². The molecule has 7 nitrogen and oxygen atoms in total. The molecular formula is C26H34O7. The van der Waals surface area contributed by atoms with E-state index >= 15 is 0 Å². The highest BCUT2D eigenvalue weighted by Crippen LogP contribution is 2.33. The third-order valence-corrected chi connectivity index (χ3v) is 6.81. The van der Waals surface area contributed by atoms with Gasteiger partial charge in [-0.2, -0.15) is 0 Å². The molecule has 2 fully saturated rings. The minimum absolute atomic E-state index is 0.0528. The predicted octanol–water partition coefficient (Wildman–Crippen LogP) is 1.78. The van der Waals surface area contributed by atoms with Crippen LogP contribution in [-0.4, -0.2) is 68.8 Å². The van der Waals surface area contributed by atoms with Crippen molar-refractivity contribution >= 4 is 0 Å². The van der Waals surface area contributed by atoms with Crippen LogP contribution in [0.5, 0.6) is 5.75 Å². The number of aliphatic hydroxyl groups excluding tert-OH is 5. The highest BCUT2D eigenvalue weighted by atomic mass is 16.5. The lowest BCUT2D eigenvalue weighted by atomic mass is 9.89. The van der Waals surface area contributed by atoms with Crippen molar-refractivity contribution < 1.29 is 35.0 Å². The van der Waals surface area contributed by atoms with Crippen LogP contribution in [0, 0.1) is 6.92 Å². The van der Waals surface area contributed by atoms with Crippen LogP contribution in [0.4, 0.5) is 0 Å². The molecule has 0 radical (unpaired) electrons. The third kappa shape index (κ3) is 5.57. The van der Waals surface area contributed by atoms with Gasteiger partial charge in [-0.3, -0.25) is 0 Å². The van der Waals surface area contributed by atoms with Gasteiger partial charge in [-0.15, -0.1) is 0 Å². The second kappa shape index (κ2) is 10.5. The van der Waals surface area contributed by atoms with E-state index in [1.54, 1.807) is 0 Å². The zero-order chi connectivity index (χ0) is 23.5. The van der Waals surface area contributed by atoms with E-state index in [0.717, 1.165) is 41.7 Å². The van der Waals surface area contributed by atoms with Crippen molar-refractivity contribution in [3.8, 4) is 5.75 Å². The zero-order valence-corrected chi connectivity index (χ0v) is 18.9. The average Bonchev–Trinajstić information content (AvgIpc) is 2.81. The van der Waals surface area contributed by atoms with Crippen LogP contribution >= 0.6 is 0 Å². The molecule has 2 aromatic carbocycles. The summed E-state index contributed by atoms with van der Waals surface area (Å²) in [5.41, 5.74) is 3.91. The van der Waals surface area contributed by atoms with Gasteiger partial charge in [-0.05, 0) is 67.0 Å². The molecule has 1 aliphatic carbocycles. The van der Waals surface area contributed by atoms with Gasteiger partial charge in [0.2, 0.25) is 0 Å². The van der Waals surface area contributed by atoms with Gasteiger partial charge in [-0.1, -0.05) is 30.3 Å². The SMILES string of the molecule is Cc1ccc([C@@H]2O[C@H](CO)[C@@H](O)[C@H](O)[C@H]2O)cc1Cc1ccc(OC2CCCC(O)C2)cc1. The Bertz CT molecular complexity index is 913. The van der Waals surface area contributed by atoms with E-state index in [2.05, 4.69) is 0 Å². The number of hydrogen-bond donors (Lipinski definition) is 5. The molecule has 1 heterocycles. The van der Waals surface area contributed by atoms with Crippen LogP contribution in [0.15, 0.2) is 42.5 Å². The Morgan fingerprint density at radius 2 is 1.70 bits per heavy atom. The summed E-state index contributed by atoms with van der Waals surface area (Å²) in [5.74, 6) is 0.796. The Kier molecular flexibility index (Phi) is 7.69. The maximum Gasteiger partial charge on any atom is 0.119 e. The molecule has 0 aromatic heterocycles. The molecule has 1 saturated carbocycles. The molecule has 7 atom stereocenters. The van der Waals surface area contributed by atoms with E-state index in [4.69, 9.17) is 9.47 Å². The van der Waals surface area contributed by atoms with Gasteiger partial charge in [-0.25, -0.2) is 0 Å². The number of aryl methyl sites for hydroxylation is 1. The van der Waals surface area contributed by atoms with Crippen LogP contribution in [0.1, 0.15) is 54.0 Å². The van der Waals surface area contributed by atoms with Crippen molar-refractivity contribution in [1.29, 1.82) is 0 Å². The first-order chi connectivity index (χ1) is 15.9. The lowest BCUT2D eigenvalue weighted by molar-refractivity contribution is -0.231. The summed E-state index contributed by atoms with van der Waals surface area (Å²) in [6.07, 6.45) is -1.95. The number of aliphatic hydroxyl groups is 5. The van der Waals surface area contributed by atoms with Gasteiger partial charge in [0.1, 0.15) is 42.4 Å². The summed E-state index contributed by atoms with van der Waals surface area (Å²) in [6.45, 7) is 1.56. The van der Waals surface area contributed by atoms with E-state index in [1.165, 1.54) is 0 Å². The van der Waals surface area contributed by atoms with Crippen LogP contribution in [0.2, 0.25) is 0 Å². The molecule has 0 bridgehead atoms. The second-order valence-corrected chi connectivity index (χ2v) is 9.32. The van der Waals surface area contributed by atoms with E-state index in [1.807, 2.05) is 49.4 Å². The quantitative estimate of drug-likeness (QED) is 0.448. The summed E-state index contributed by atoms with van der Waals surface area (Å²) in [5, 5.41) is 49.9. The van der Waals surface area contributed by atoms with Gasteiger partial charge < -0.3 is 35.0 Å². The molecule has 2 unspecified atom stereocenters. The fraction of sp³-hybridized carbons (Fsp3) is 0.538.